The molecule has 8 heteroatoms. The van der Waals surface area contributed by atoms with Crippen LogP contribution < -0.4 is 0 Å². The van der Waals surface area contributed by atoms with Gasteiger partial charge in [0, 0.05) is 26.2 Å². The highest BCUT2D eigenvalue weighted by Crippen LogP contribution is 2.33. The van der Waals surface area contributed by atoms with Gasteiger partial charge in [0.15, 0.2) is 17.9 Å². The Morgan fingerprint density at radius 2 is 1.91 bits per heavy atom. The molecule has 0 saturated carbocycles. The van der Waals surface area contributed by atoms with Crippen molar-refractivity contribution in [2.24, 2.45) is 5.92 Å². The number of aliphatic hydroxyl groups is 2. The van der Waals surface area contributed by atoms with Gasteiger partial charge < -0.3 is 19.7 Å². The van der Waals surface area contributed by atoms with Crippen LogP contribution in [0.25, 0.3) is 0 Å². The van der Waals surface area contributed by atoms with Crippen LogP contribution >= 0.6 is 0 Å². The summed E-state index contributed by atoms with van der Waals surface area (Å²) in [6.07, 6.45) is -3.06. The zero-order valence-electron chi connectivity index (χ0n) is 11.8. The minimum Gasteiger partial charge on any atom is -0.512 e. The lowest BCUT2D eigenvalue weighted by Gasteiger charge is -2.34. The van der Waals surface area contributed by atoms with Gasteiger partial charge in [0.1, 0.15) is 17.5 Å². The summed E-state index contributed by atoms with van der Waals surface area (Å²) >= 11 is 0. The van der Waals surface area contributed by atoms with Crippen molar-refractivity contribution in [2.75, 3.05) is 0 Å². The molecule has 0 aromatic heterocycles. The number of allylic oxidation sites excluding steroid dienone is 5. The predicted octanol–water partition coefficient (Wildman–Crippen LogP) is 2.49. The maximum absolute atomic E-state index is 13.6. The number of hydrogen-bond acceptors (Lipinski definition) is 5. The van der Waals surface area contributed by atoms with Crippen LogP contribution in [0, 0.1) is 5.92 Å². The Bertz CT molecular complexity index is 579. The predicted molar refractivity (Wildman–Crippen MR) is 68.3 cm³/mol. The molecule has 0 radical (unpaired) electrons. The Morgan fingerprint density at radius 1 is 1.32 bits per heavy atom. The normalized spacial score (nSPS) is 33.7. The summed E-state index contributed by atoms with van der Waals surface area (Å²) in [5.41, 5.74) is -0.588. The van der Waals surface area contributed by atoms with Gasteiger partial charge in [0.05, 0.1) is 0 Å². The van der Waals surface area contributed by atoms with E-state index < -0.39 is 59.5 Å². The molecule has 3 atom stereocenters. The first kappa shape index (κ1) is 16.6. The van der Waals surface area contributed by atoms with Gasteiger partial charge >= 0.3 is 5.97 Å². The standard InChI is InChI=1S/C14H15F3O5/c1-14(2)21-12(19)11(13(20)22-14)10(18)4-6-3-8(16)9(17)5-7(6)15/h3,5-7,12,18-19H,4H2,1-2H3/b11-10-. The molecule has 0 aromatic carbocycles. The van der Waals surface area contributed by atoms with E-state index in [0.29, 0.717) is 12.2 Å². The fourth-order valence-electron chi connectivity index (χ4n) is 2.20. The molecule has 1 saturated heterocycles. The van der Waals surface area contributed by atoms with Crippen LogP contribution in [0.3, 0.4) is 0 Å². The summed E-state index contributed by atoms with van der Waals surface area (Å²) in [5.74, 6) is -6.91. The van der Waals surface area contributed by atoms with Crippen LogP contribution in [0.15, 0.2) is 35.1 Å². The van der Waals surface area contributed by atoms with Gasteiger partial charge in [0.25, 0.3) is 0 Å². The summed E-state index contributed by atoms with van der Waals surface area (Å²) in [6.45, 7) is 2.76. The molecule has 22 heavy (non-hydrogen) atoms. The second kappa shape index (κ2) is 5.77. The van der Waals surface area contributed by atoms with Gasteiger partial charge in [-0.05, 0) is 12.2 Å². The first-order valence-corrected chi connectivity index (χ1v) is 6.51. The SMILES string of the molecule is CC1(C)OC(=O)/C(=C(\O)CC2C=C(F)C(F)=CC2F)C(O)O1. The molecule has 1 heterocycles. The van der Waals surface area contributed by atoms with Crippen molar-refractivity contribution in [2.45, 2.75) is 38.5 Å². The molecule has 1 aliphatic carbocycles. The second-order valence-corrected chi connectivity index (χ2v) is 5.46. The molecular formula is C14H15F3O5. The fourth-order valence-corrected chi connectivity index (χ4v) is 2.20. The molecule has 2 aliphatic rings. The lowest BCUT2D eigenvalue weighted by molar-refractivity contribution is -0.280. The Labute approximate surface area is 124 Å². The van der Waals surface area contributed by atoms with E-state index in [-0.39, 0.29) is 0 Å². The monoisotopic (exact) mass is 320 g/mol. The van der Waals surface area contributed by atoms with E-state index >= 15 is 0 Å². The van der Waals surface area contributed by atoms with Crippen molar-refractivity contribution in [3.63, 3.8) is 0 Å². The van der Waals surface area contributed by atoms with Crippen molar-refractivity contribution < 1.29 is 37.7 Å². The first-order chi connectivity index (χ1) is 10.1. The molecule has 1 fully saturated rings. The minimum absolute atomic E-state index is 0.438. The average Bonchev–Trinajstić information content (AvgIpc) is 2.33. The molecule has 0 bridgehead atoms. The third-order valence-corrected chi connectivity index (χ3v) is 3.24. The maximum Gasteiger partial charge on any atom is 0.345 e. The smallest absolute Gasteiger partial charge is 0.345 e. The largest absolute Gasteiger partial charge is 0.512 e. The third-order valence-electron chi connectivity index (χ3n) is 3.24. The van der Waals surface area contributed by atoms with Crippen LogP contribution in [0.5, 0.6) is 0 Å². The van der Waals surface area contributed by atoms with Crippen molar-refractivity contribution >= 4 is 5.97 Å². The van der Waals surface area contributed by atoms with E-state index in [1.54, 1.807) is 0 Å². The summed E-state index contributed by atoms with van der Waals surface area (Å²) < 4.78 is 49.5. The topological polar surface area (TPSA) is 76.0 Å². The molecule has 0 spiro atoms. The lowest BCUT2D eigenvalue weighted by atomic mass is 9.92. The second-order valence-electron chi connectivity index (χ2n) is 5.46. The molecule has 0 amide bonds. The summed E-state index contributed by atoms with van der Waals surface area (Å²) in [4.78, 5) is 11.8. The summed E-state index contributed by atoms with van der Waals surface area (Å²) in [5, 5.41) is 19.7. The number of rotatable bonds is 2. The quantitative estimate of drug-likeness (QED) is 0.464. The Morgan fingerprint density at radius 3 is 2.50 bits per heavy atom. The number of carbonyl (C=O) groups excluding carboxylic acids is 1. The Hall–Kier alpha value is -1.80. The van der Waals surface area contributed by atoms with Crippen molar-refractivity contribution in [1.29, 1.82) is 0 Å². The van der Waals surface area contributed by atoms with Gasteiger partial charge in [-0.15, -0.1) is 0 Å². The lowest BCUT2D eigenvalue weighted by Crippen LogP contribution is -2.44. The fraction of sp³-hybridized carbons (Fsp3) is 0.500. The number of aliphatic hydroxyl groups excluding tert-OH is 2. The van der Waals surface area contributed by atoms with Crippen LogP contribution in [0.2, 0.25) is 0 Å². The first-order valence-electron chi connectivity index (χ1n) is 6.51. The molecule has 5 nitrogen and oxygen atoms in total. The number of carbonyl (C=O) groups is 1. The van der Waals surface area contributed by atoms with Crippen LogP contribution in [0.4, 0.5) is 13.2 Å². The average molecular weight is 320 g/mol. The van der Waals surface area contributed by atoms with Crippen molar-refractivity contribution in [3.05, 3.63) is 35.1 Å². The van der Waals surface area contributed by atoms with E-state index in [9.17, 15) is 28.2 Å². The number of hydrogen-bond donors (Lipinski definition) is 2. The van der Waals surface area contributed by atoms with Crippen molar-refractivity contribution in [3.8, 4) is 0 Å². The number of esters is 1. The van der Waals surface area contributed by atoms with E-state index in [1.165, 1.54) is 13.8 Å². The molecule has 1 aliphatic heterocycles. The molecule has 2 rings (SSSR count). The van der Waals surface area contributed by atoms with E-state index in [0.717, 1.165) is 0 Å². The van der Waals surface area contributed by atoms with Gasteiger partial charge in [-0.1, -0.05) is 0 Å². The Balaban J connectivity index is 2.21. The van der Waals surface area contributed by atoms with Gasteiger partial charge in [-0.2, -0.15) is 0 Å². The van der Waals surface area contributed by atoms with Crippen LogP contribution in [-0.4, -0.2) is 34.4 Å². The maximum atomic E-state index is 13.6. The zero-order valence-corrected chi connectivity index (χ0v) is 11.8. The van der Waals surface area contributed by atoms with E-state index in [1.807, 2.05) is 0 Å². The van der Waals surface area contributed by atoms with Gasteiger partial charge in [-0.3, -0.25) is 0 Å². The molecule has 0 aromatic rings. The highest BCUT2D eigenvalue weighted by Gasteiger charge is 2.41. The molecule has 122 valence electrons. The Kier molecular flexibility index (Phi) is 4.35. The number of alkyl halides is 1. The van der Waals surface area contributed by atoms with Crippen LogP contribution in [-0.2, 0) is 14.3 Å². The van der Waals surface area contributed by atoms with Crippen LogP contribution in [0.1, 0.15) is 20.3 Å². The van der Waals surface area contributed by atoms with Gasteiger partial charge in [-0.25, -0.2) is 18.0 Å². The summed E-state index contributed by atoms with van der Waals surface area (Å²) in [6, 6.07) is 0. The number of cyclic esters (lactones) is 1. The highest BCUT2D eigenvalue weighted by atomic mass is 19.2. The minimum atomic E-state index is -1.88. The molecular weight excluding hydrogens is 305 g/mol. The zero-order chi connectivity index (χ0) is 16.7. The van der Waals surface area contributed by atoms with E-state index in [2.05, 4.69) is 0 Å². The summed E-state index contributed by atoms with van der Waals surface area (Å²) in [7, 11) is 0. The highest BCUT2D eigenvalue weighted by molar-refractivity contribution is 5.90. The number of halogens is 3. The van der Waals surface area contributed by atoms with E-state index in [4.69, 9.17) is 9.47 Å². The molecule has 3 unspecified atom stereocenters. The number of ether oxygens (including phenoxy) is 2. The van der Waals surface area contributed by atoms with Crippen molar-refractivity contribution in [1.82, 2.24) is 0 Å². The molecule has 2 N–H and O–H groups in total. The van der Waals surface area contributed by atoms with Gasteiger partial charge in [0.2, 0.25) is 5.79 Å². The third kappa shape index (κ3) is 3.33.